The highest BCUT2D eigenvalue weighted by Gasteiger charge is 2.11. The van der Waals surface area contributed by atoms with Crippen molar-refractivity contribution in [3.63, 3.8) is 0 Å². The van der Waals surface area contributed by atoms with Crippen LogP contribution < -0.4 is 16.4 Å². The Bertz CT molecular complexity index is 846. The summed E-state index contributed by atoms with van der Waals surface area (Å²) in [4.78, 5) is 8.60. The van der Waals surface area contributed by atoms with E-state index in [1.54, 1.807) is 0 Å². The number of hydrogen-bond donors (Lipinski definition) is 3. The van der Waals surface area contributed by atoms with Crippen LogP contribution in [0.15, 0.2) is 42.7 Å². The Morgan fingerprint density at radius 2 is 1.16 bits per heavy atom. The summed E-state index contributed by atoms with van der Waals surface area (Å²) in [5.41, 5.74) is 13.5. The molecule has 128 valence electrons. The average Bonchev–Trinajstić information content (AvgIpc) is 2.59. The number of rotatable bonds is 4. The van der Waals surface area contributed by atoms with Crippen LogP contribution in [0.4, 0.5) is 28.7 Å². The Hall–Kier alpha value is -3.08. The minimum atomic E-state index is 0.490. The van der Waals surface area contributed by atoms with E-state index in [1.165, 1.54) is 28.6 Å². The van der Waals surface area contributed by atoms with Gasteiger partial charge in [-0.25, -0.2) is 9.97 Å². The first-order valence-corrected chi connectivity index (χ1v) is 8.24. The zero-order valence-corrected chi connectivity index (χ0v) is 15.0. The summed E-state index contributed by atoms with van der Waals surface area (Å²) in [6, 6.07) is 12.2. The lowest BCUT2D eigenvalue weighted by Gasteiger charge is -2.16. The molecule has 25 heavy (non-hydrogen) atoms. The second-order valence-electron chi connectivity index (χ2n) is 6.23. The summed E-state index contributed by atoms with van der Waals surface area (Å²) in [5.74, 6) is 1.19. The number of aromatic nitrogens is 2. The van der Waals surface area contributed by atoms with Gasteiger partial charge in [0.1, 0.15) is 12.0 Å². The lowest BCUT2D eigenvalue weighted by molar-refractivity contribution is 1.16. The molecule has 5 nitrogen and oxygen atoms in total. The SMILES string of the molecule is Cc1cccc(Nc2ncnc(Nc3cccc(C)c3C)c2N)c1C. The first-order valence-electron chi connectivity index (χ1n) is 8.24. The second-order valence-corrected chi connectivity index (χ2v) is 6.23. The fraction of sp³-hybridized carbons (Fsp3) is 0.200. The van der Waals surface area contributed by atoms with E-state index in [4.69, 9.17) is 5.73 Å². The van der Waals surface area contributed by atoms with Crippen LogP contribution in [0, 0.1) is 27.7 Å². The van der Waals surface area contributed by atoms with Crippen LogP contribution in [-0.4, -0.2) is 9.97 Å². The van der Waals surface area contributed by atoms with Gasteiger partial charge in [-0.15, -0.1) is 0 Å². The zero-order chi connectivity index (χ0) is 18.0. The highest BCUT2D eigenvalue weighted by atomic mass is 15.1. The Labute approximate surface area is 148 Å². The Morgan fingerprint density at radius 3 is 1.60 bits per heavy atom. The predicted octanol–water partition coefficient (Wildman–Crippen LogP) is 4.78. The van der Waals surface area contributed by atoms with Gasteiger partial charge in [0.2, 0.25) is 0 Å². The van der Waals surface area contributed by atoms with Gasteiger partial charge < -0.3 is 16.4 Å². The molecule has 1 heterocycles. The molecule has 3 aromatic rings. The lowest BCUT2D eigenvalue weighted by atomic mass is 10.1. The molecule has 0 aliphatic rings. The van der Waals surface area contributed by atoms with Gasteiger partial charge in [-0.1, -0.05) is 24.3 Å². The Kier molecular flexibility index (Phi) is 4.57. The van der Waals surface area contributed by atoms with Crippen molar-refractivity contribution in [1.29, 1.82) is 0 Å². The molecule has 1 aromatic heterocycles. The summed E-state index contributed by atoms with van der Waals surface area (Å²) in [5, 5.41) is 6.63. The van der Waals surface area contributed by atoms with Gasteiger partial charge in [0.05, 0.1) is 0 Å². The van der Waals surface area contributed by atoms with Crippen molar-refractivity contribution in [3.8, 4) is 0 Å². The molecule has 0 bridgehead atoms. The molecule has 0 atom stereocenters. The molecule has 0 saturated carbocycles. The number of nitrogens with zero attached hydrogens (tertiary/aromatic N) is 2. The molecule has 2 aromatic carbocycles. The van der Waals surface area contributed by atoms with Gasteiger partial charge in [0.15, 0.2) is 11.6 Å². The third kappa shape index (κ3) is 3.40. The van der Waals surface area contributed by atoms with E-state index in [9.17, 15) is 0 Å². The first-order chi connectivity index (χ1) is 12.0. The van der Waals surface area contributed by atoms with Crippen LogP contribution in [0.3, 0.4) is 0 Å². The van der Waals surface area contributed by atoms with Crippen LogP contribution in [0.25, 0.3) is 0 Å². The first kappa shape index (κ1) is 16.8. The quantitative estimate of drug-likeness (QED) is 0.640. The van der Waals surface area contributed by atoms with Gasteiger partial charge in [-0.2, -0.15) is 0 Å². The van der Waals surface area contributed by atoms with Crippen molar-refractivity contribution in [2.45, 2.75) is 27.7 Å². The number of anilines is 5. The number of nitrogen functional groups attached to an aromatic ring is 1. The van der Waals surface area contributed by atoms with Gasteiger partial charge in [-0.05, 0) is 62.1 Å². The highest BCUT2D eigenvalue weighted by Crippen LogP contribution is 2.31. The van der Waals surface area contributed by atoms with Gasteiger partial charge in [0, 0.05) is 11.4 Å². The van der Waals surface area contributed by atoms with Crippen molar-refractivity contribution >= 4 is 28.7 Å². The number of benzene rings is 2. The zero-order valence-electron chi connectivity index (χ0n) is 15.0. The normalized spacial score (nSPS) is 10.6. The lowest BCUT2D eigenvalue weighted by Crippen LogP contribution is -2.06. The monoisotopic (exact) mass is 333 g/mol. The maximum absolute atomic E-state index is 6.31. The molecule has 5 heteroatoms. The third-order valence-corrected chi connectivity index (χ3v) is 4.60. The molecule has 0 unspecified atom stereocenters. The molecule has 0 amide bonds. The second kappa shape index (κ2) is 6.81. The van der Waals surface area contributed by atoms with E-state index in [0.717, 1.165) is 11.4 Å². The number of hydrogen-bond acceptors (Lipinski definition) is 5. The fourth-order valence-corrected chi connectivity index (χ4v) is 2.62. The molecule has 0 aliphatic carbocycles. The number of aryl methyl sites for hydroxylation is 2. The van der Waals surface area contributed by atoms with Gasteiger partial charge >= 0.3 is 0 Å². The van der Waals surface area contributed by atoms with Crippen LogP contribution in [0.1, 0.15) is 22.3 Å². The van der Waals surface area contributed by atoms with E-state index in [-0.39, 0.29) is 0 Å². The van der Waals surface area contributed by atoms with Crippen molar-refractivity contribution in [2.75, 3.05) is 16.4 Å². The molecule has 0 radical (unpaired) electrons. The molecule has 3 rings (SSSR count). The van der Waals surface area contributed by atoms with Crippen LogP contribution >= 0.6 is 0 Å². The van der Waals surface area contributed by atoms with E-state index < -0.39 is 0 Å². The van der Waals surface area contributed by atoms with Crippen molar-refractivity contribution in [3.05, 3.63) is 65.0 Å². The summed E-state index contributed by atoms with van der Waals surface area (Å²) < 4.78 is 0. The van der Waals surface area contributed by atoms with E-state index in [0.29, 0.717) is 17.3 Å². The molecule has 4 N–H and O–H groups in total. The van der Waals surface area contributed by atoms with Crippen molar-refractivity contribution in [2.24, 2.45) is 0 Å². The van der Waals surface area contributed by atoms with Crippen LogP contribution in [-0.2, 0) is 0 Å². The highest BCUT2D eigenvalue weighted by molar-refractivity contribution is 5.81. The van der Waals surface area contributed by atoms with E-state index in [1.807, 2.05) is 24.3 Å². The molecule has 0 spiro atoms. The Morgan fingerprint density at radius 1 is 0.720 bits per heavy atom. The van der Waals surface area contributed by atoms with Crippen molar-refractivity contribution in [1.82, 2.24) is 9.97 Å². The van der Waals surface area contributed by atoms with Gasteiger partial charge in [-0.3, -0.25) is 0 Å². The molecule has 0 fully saturated rings. The average molecular weight is 333 g/mol. The predicted molar refractivity (Wildman–Crippen MR) is 105 cm³/mol. The topological polar surface area (TPSA) is 75.9 Å². The summed E-state index contributed by atoms with van der Waals surface area (Å²) in [7, 11) is 0. The van der Waals surface area contributed by atoms with Crippen LogP contribution in [0.5, 0.6) is 0 Å². The number of nitrogens with one attached hydrogen (secondary N) is 2. The summed E-state index contributed by atoms with van der Waals surface area (Å²) in [6.45, 7) is 8.31. The number of nitrogens with two attached hydrogens (primary N) is 1. The minimum absolute atomic E-state index is 0.490. The Balaban J connectivity index is 1.92. The molecule has 0 saturated heterocycles. The largest absolute Gasteiger partial charge is 0.393 e. The van der Waals surface area contributed by atoms with Crippen molar-refractivity contribution < 1.29 is 0 Å². The maximum atomic E-state index is 6.31. The van der Waals surface area contributed by atoms with E-state index >= 15 is 0 Å². The molecular weight excluding hydrogens is 310 g/mol. The third-order valence-electron chi connectivity index (χ3n) is 4.60. The minimum Gasteiger partial charge on any atom is -0.393 e. The van der Waals surface area contributed by atoms with Gasteiger partial charge in [0.25, 0.3) is 0 Å². The molecule has 0 aliphatic heterocycles. The van der Waals surface area contributed by atoms with Crippen LogP contribution in [0.2, 0.25) is 0 Å². The summed E-state index contributed by atoms with van der Waals surface area (Å²) >= 11 is 0. The smallest absolute Gasteiger partial charge is 0.159 e. The van der Waals surface area contributed by atoms with E-state index in [2.05, 4.69) is 60.4 Å². The fourth-order valence-electron chi connectivity index (χ4n) is 2.62. The maximum Gasteiger partial charge on any atom is 0.159 e. The summed E-state index contributed by atoms with van der Waals surface area (Å²) in [6.07, 6.45) is 1.51. The standard InChI is InChI=1S/C20H23N5/c1-12-7-5-9-16(14(12)3)24-19-18(21)20(23-11-22-19)25-17-10-6-8-13(2)15(17)4/h5-11H,21H2,1-4H3,(H2,22,23,24,25). The molecular formula is C20H23N5.